The number of para-hydroxylation sites is 1. The summed E-state index contributed by atoms with van der Waals surface area (Å²) in [4.78, 5) is 29.0. The van der Waals surface area contributed by atoms with Gasteiger partial charge in [-0.25, -0.2) is 9.97 Å². The molecule has 8 heteroatoms. The number of anilines is 1. The van der Waals surface area contributed by atoms with Gasteiger partial charge in [-0.1, -0.05) is 18.2 Å². The van der Waals surface area contributed by atoms with Crippen molar-refractivity contribution in [2.75, 3.05) is 44.3 Å². The van der Waals surface area contributed by atoms with Gasteiger partial charge in [0.1, 0.15) is 6.10 Å². The quantitative estimate of drug-likeness (QED) is 0.697. The van der Waals surface area contributed by atoms with Gasteiger partial charge in [0.25, 0.3) is 5.88 Å². The number of carbonyl (C=O) groups is 1. The number of carbonyl (C=O) groups excluding carboxylic acids is 1. The molecule has 0 bridgehead atoms. The first-order chi connectivity index (χ1) is 14.8. The molecule has 1 N–H and O–H groups in total. The Balaban J connectivity index is 1.23. The zero-order valence-corrected chi connectivity index (χ0v) is 16.8. The van der Waals surface area contributed by atoms with E-state index in [1.807, 2.05) is 35.4 Å². The third-order valence-electron chi connectivity index (χ3n) is 5.75. The third-order valence-corrected chi connectivity index (χ3v) is 5.75. The lowest BCUT2D eigenvalue weighted by Crippen LogP contribution is -2.37. The maximum Gasteiger partial charge on any atom is 0.257 e. The van der Waals surface area contributed by atoms with Gasteiger partial charge in [-0.3, -0.25) is 4.79 Å². The Morgan fingerprint density at radius 2 is 2.00 bits per heavy atom. The van der Waals surface area contributed by atoms with Crippen molar-refractivity contribution in [2.24, 2.45) is 0 Å². The average Bonchev–Trinajstić information content (AvgIpc) is 3.42. The van der Waals surface area contributed by atoms with E-state index in [2.05, 4.69) is 19.9 Å². The Labute approximate surface area is 174 Å². The first kappa shape index (κ1) is 18.9. The van der Waals surface area contributed by atoms with Gasteiger partial charge in [-0.2, -0.15) is 0 Å². The van der Waals surface area contributed by atoms with Crippen LogP contribution >= 0.6 is 0 Å². The number of aromatic nitrogens is 3. The Kier molecular flexibility index (Phi) is 5.23. The molecular formula is C22H25N5O3. The van der Waals surface area contributed by atoms with Crippen LogP contribution in [0.4, 0.5) is 5.82 Å². The molecule has 0 spiro atoms. The van der Waals surface area contributed by atoms with Crippen LogP contribution in [0.5, 0.6) is 5.88 Å². The molecule has 156 valence electrons. The molecule has 2 aliphatic rings. The molecule has 2 saturated heterocycles. The second-order valence-electron chi connectivity index (χ2n) is 7.69. The Morgan fingerprint density at radius 3 is 2.90 bits per heavy atom. The van der Waals surface area contributed by atoms with E-state index in [1.165, 1.54) is 0 Å². The molecule has 5 rings (SSSR count). The second-order valence-corrected chi connectivity index (χ2v) is 7.69. The number of morpholine rings is 1. The van der Waals surface area contributed by atoms with Crippen molar-refractivity contribution in [3.8, 4) is 5.88 Å². The number of amides is 1. The van der Waals surface area contributed by atoms with Crippen LogP contribution in [0, 0.1) is 0 Å². The number of fused-ring (bicyclic) bond motifs is 1. The maximum absolute atomic E-state index is 12.9. The zero-order valence-electron chi connectivity index (χ0n) is 16.8. The summed E-state index contributed by atoms with van der Waals surface area (Å²) in [6.45, 7) is 4.16. The minimum absolute atomic E-state index is 0.0755. The zero-order chi connectivity index (χ0) is 20.3. The van der Waals surface area contributed by atoms with Crippen LogP contribution in [-0.4, -0.2) is 71.3 Å². The number of likely N-dealkylation sites (tertiary alicyclic amines) is 1. The number of nitrogens with one attached hydrogen (secondary N) is 1. The predicted molar refractivity (Wildman–Crippen MR) is 113 cm³/mol. The van der Waals surface area contributed by atoms with Crippen LogP contribution < -0.4 is 9.64 Å². The van der Waals surface area contributed by atoms with Crippen molar-refractivity contribution in [2.45, 2.75) is 18.9 Å². The topological polar surface area (TPSA) is 83.6 Å². The fraction of sp³-hybridized carbons (Fsp3) is 0.409. The minimum atomic E-state index is -0.0755. The molecule has 3 aromatic rings. The molecule has 2 aromatic heterocycles. The summed E-state index contributed by atoms with van der Waals surface area (Å²) in [5, 5.41) is 1.10. The number of hydrogen-bond acceptors (Lipinski definition) is 6. The lowest BCUT2D eigenvalue weighted by atomic mass is 10.1. The average molecular weight is 407 g/mol. The van der Waals surface area contributed by atoms with E-state index in [1.54, 1.807) is 12.4 Å². The molecule has 0 saturated carbocycles. The number of H-pyrrole nitrogens is 1. The Hall–Kier alpha value is -3.13. The fourth-order valence-electron chi connectivity index (χ4n) is 4.15. The number of hydrogen-bond donors (Lipinski definition) is 1. The molecular weight excluding hydrogens is 382 g/mol. The van der Waals surface area contributed by atoms with Crippen molar-refractivity contribution in [1.29, 1.82) is 0 Å². The predicted octanol–water partition coefficient (Wildman–Crippen LogP) is 2.02. The molecule has 1 atom stereocenters. The van der Waals surface area contributed by atoms with Crippen LogP contribution in [0.3, 0.4) is 0 Å². The highest BCUT2D eigenvalue weighted by atomic mass is 16.5. The second kappa shape index (κ2) is 8.31. The van der Waals surface area contributed by atoms with Crippen LogP contribution in [0.25, 0.3) is 10.9 Å². The first-order valence-electron chi connectivity index (χ1n) is 10.4. The number of aromatic amines is 1. The van der Waals surface area contributed by atoms with Crippen LogP contribution in [0.2, 0.25) is 0 Å². The molecule has 1 aromatic carbocycles. The van der Waals surface area contributed by atoms with Gasteiger partial charge in [0, 0.05) is 55.5 Å². The summed E-state index contributed by atoms with van der Waals surface area (Å²) in [6, 6.07) is 8.06. The highest BCUT2D eigenvalue weighted by Gasteiger charge is 2.29. The van der Waals surface area contributed by atoms with Crippen LogP contribution in [-0.2, 0) is 16.0 Å². The molecule has 2 fully saturated rings. The van der Waals surface area contributed by atoms with Gasteiger partial charge < -0.3 is 24.3 Å². The molecule has 8 nitrogen and oxygen atoms in total. The molecule has 0 radical (unpaired) electrons. The van der Waals surface area contributed by atoms with Crippen molar-refractivity contribution in [1.82, 2.24) is 19.9 Å². The van der Waals surface area contributed by atoms with Crippen LogP contribution in [0.15, 0.2) is 42.9 Å². The third kappa shape index (κ3) is 3.82. The van der Waals surface area contributed by atoms with Gasteiger partial charge >= 0.3 is 0 Å². The van der Waals surface area contributed by atoms with Crippen LogP contribution in [0.1, 0.15) is 12.0 Å². The van der Waals surface area contributed by atoms with Gasteiger partial charge in [0.05, 0.1) is 26.2 Å². The monoisotopic (exact) mass is 407 g/mol. The maximum atomic E-state index is 12.9. The molecule has 0 aliphatic carbocycles. The molecule has 1 unspecified atom stereocenters. The lowest BCUT2D eigenvalue weighted by molar-refractivity contribution is -0.129. The van der Waals surface area contributed by atoms with E-state index in [4.69, 9.17) is 9.47 Å². The van der Waals surface area contributed by atoms with E-state index in [0.717, 1.165) is 41.8 Å². The number of ether oxygens (including phenoxy) is 2. The normalized spacial score (nSPS) is 19.4. The number of benzene rings is 1. The van der Waals surface area contributed by atoms with E-state index in [-0.39, 0.29) is 12.0 Å². The van der Waals surface area contributed by atoms with Crippen molar-refractivity contribution in [3.63, 3.8) is 0 Å². The largest absolute Gasteiger partial charge is 0.470 e. The smallest absolute Gasteiger partial charge is 0.257 e. The Bertz CT molecular complexity index is 1030. The summed E-state index contributed by atoms with van der Waals surface area (Å²) in [7, 11) is 0. The summed E-state index contributed by atoms with van der Waals surface area (Å²) in [5.74, 6) is 1.41. The van der Waals surface area contributed by atoms with Gasteiger partial charge in [-0.05, 0) is 11.6 Å². The standard InChI is InChI=1S/C22H25N5O3/c28-20(13-16-14-25-19-4-2-1-3-18(16)19)27-8-5-17(15-27)30-22-21(23-6-7-24-22)26-9-11-29-12-10-26/h1-4,6-7,14,17,25H,5,8-13,15H2. The van der Waals surface area contributed by atoms with Gasteiger partial charge in [-0.15, -0.1) is 0 Å². The summed E-state index contributed by atoms with van der Waals surface area (Å²) >= 11 is 0. The number of rotatable bonds is 5. The molecule has 2 aliphatic heterocycles. The van der Waals surface area contributed by atoms with E-state index >= 15 is 0 Å². The van der Waals surface area contributed by atoms with E-state index < -0.39 is 0 Å². The number of nitrogens with zero attached hydrogens (tertiary/aromatic N) is 4. The highest BCUT2D eigenvalue weighted by molar-refractivity contribution is 5.89. The lowest BCUT2D eigenvalue weighted by Gasteiger charge is -2.29. The first-order valence-corrected chi connectivity index (χ1v) is 10.4. The minimum Gasteiger partial charge on any atom is -0.470 e. The molecule has 30 heavy (non-hydrogen) atoms. The van der Waals surface area contributed by atoms with E-state index in [9.17, 15) is 4.79 Å². The summed E-state index contributed by atoms with van der Waals surface area (Å²) < 4.78 is 11.6. The van der Waals surface area contributed by atoms with E-state index in [0.29, 0.717) is 38.6 Å². The van der Waals surface area contributed by atoms with Gasteiger partial charge in [0.15, 0.2) is 5.82 Å². The molecule has 4 heterocycles. The summed E-state index contributed by atoms with van der Waals surface area (Å²) in [5.41, 5.74) is 2.09. The Morgan fingerprint density at radius 1 is 1.17 bits per heavy atom. The van der Waals surface area contributed by atoms with Crippen molar-refractivity contribution in [3.05, 3.63) is 48.4 Å². The summed E-state index contributed by atoms with van der Waals surface area (Å²) in [6.07, 6.45) is 6.37. The van der Waals surface area contributed by atoms with Crippen molar-refractivity contribution >= 4 is 22.6 Å². The highest BCUT2D eigenvalue weighted by Crippen LogP contribution is 2.27. The van der Waals surface area contributed by atoms with Gasteiger partial charge in [0.2, 0.25) is 5.91 Å². The SMILES string of the molecule is O=C(Cc1c[nH]c2ccccc12)N1CCC(Oc2nccnc2N2CCOCC2)C1. The van der Waals surface area contributed by atoms with Crippen molar-refractivity contribution < 1.29 is 14.3 Å². The fourth-order valence-corrected chi connectivity index (χ4v) is 4.15. The molecule has 1 amide bonds.